The second-order valence-corrected chi connectivity index (χ2v) is 6.57. The van der Waals surface area contributed by atoms with E-state index in [1.54, 1.807) is 0 Å². The third kappa shape index (κ3) is 3.63. The standard InChI is InChI=1S/C17H25NO3/c1-16(2,3)18-11-10-17(13-18,21-12-15(19)20-4)14-8-6-5-7-9-14/h5-9H,10-13H2,1-4H3. The van der Waals surface area contributed by atoms with Crippen LogP contribution in [0, 0.1) is 0 Å². The molecule has 1 aliphatic rings. The lowest BCUT2D eigenvalue weighted by molar-refractivity contribution is -0.153. The zero-order valence-electron chi connectivity index (χ0n) is 13.4. The van der Waals surface area contributed by atoms with Crippen LogP contribution in [-0.4, -0.2) is 43.2 Å². The van der Waals surface area contributed by atoms with E-state index >= 15 is 0 Å². The second kappa shape index (κ2) is 6.16. The van der Waals surface area contributed by atoms with Crippen molar-refractivity contribution in [3.63, 3.8) is 0 Å². The molecule has 0 aromatic heterocycles. The minimum Gasteiger partial charge on any atom is -0.467 e. The Hall–Kier alpha value is -1.39. The number of nitrogens with zero attached hydrogens (tertiary/aromatic N) is 1. The third-order valence-electron chi connectivity index (χ3n) is 4.17. The molecule has 0 aliphatic carbocycles. The summed E-state index contributed by atoms with van der Waals surface area (Å²) in [4.78, 5) is 13.9. The number of hydrogen-bond acceptors (Lipinski definition) is 4. The lowest BCUT2D eigenvalue weighted by Gasteiger charge is -2.35. The van der Waals surface area contributed by atoms with Crippen LogP contribution in [0.15, 0.2) is 30.3 Å². The molecule has 1 atom stereocenters. The Bertz CT molecular complexity index is 481. The first-order valence-electron chi connectivity index (χ1n) is 7.39. The van der Waals surface area contributed by atoms with E-state index in [1.165, 1.54) is 7.11 Å². The monoisotopic (exact) mass is 291 g/mol. The summed E-state index contributed by atoms with van der Waals surface area (Å²) < 4.78 is 10.7. The normalized spacial score (nSPS) is 23.2. The average Bonchev–Trinajstić information content (AvgIpc) is 2.91. The van der Waals surface area contributed by atoms with Crippen LogP contribution in [-0.2, 0) is 19.9 Å². The van der Waals surface area contributed by atoms with Crippen molar-refractivity contribution in [2.45, 2.75) is 38.3 Å². The van der Waals surface area contributed by atoms with Crippen LogP contribution in [0.3, 0.4) is 0 Å². The summed E-state index contributed by atoms with van der Waals surface area (Å²) in [6.45, 7) is 8.34. The SMILES string of the molecule is COC(=O)COC1(c2ccccc2)CCN(C(C)(C)C)C1. The molecule has 1 aromatic rings. The first-order valence-corrected chi connectivity index (χ1v) is 7.39. The summed E-state index contributed by atoms with van der Waals surface area (Å²) in [6.07, 6.45) is 0.880. The van der Waals surface area contributed by atoms with Crippen molar-refractivity contribution in [3.05, 3.63) is 35.9 Å². The van der Waals surface area contributed by atoms with E-state index in [4.69, 9.17) is 9.47 Å². The molecule has 1 aromatic carbocycles. The van der Waals surface area contributed by atoms with Gasteiger partial charge in [-0.05, 0) is 32.8 Å². The van der Waals surface area contributed by atoms with E-state index in [0.717, 1.165) is 25.1 Å². The van der Waals surface area contributed by atoms with Gasteiger partial charge in [-0.25, -0.2) is 4.79 Å². The lowest BCUT2D eigenvalue weighted by atomic mass is 9.92. The Balaban J connectivity index is 2.22. The maximum Gasteiger partial charge on any atom is 0.331 e. The van der Waals surface area contributed by atoms with Crippen molar-refractivity contribution in [1.82, 2.24) is 4.90 Å². The molecule has 2 rings (SSSR count). The Labute approximate surface area is 127 Å². The van der Waals surface area contributed by atoms with Gasteiger partial charge in [0.15, 0.2) is 0 Å². The average molecular weight is 291 g/mol. The number of methoxy groups -OCH3 is 1. The van der Waals surface area contributed by atoms with Crippen LogP contribution in [0.4, 0.5) is 0 Å². The second-order valence-electron chi connectivity index (χ2n) is 6.57. The van der Waals surface area contributed by atoms with Gasteiger partial charge in [0.2, 0.25) is 0 Å². The van der Waals surface area contributed by atoms with Gasteiger partial charge < -0.3 is 9.47 Å². The molecule has 0 saturated carbocycles. The number of likely N-dealkylation sites (tertiary alicyclic amines) is 1. The molecule has 4 heteroatoms. The summed E-state index contributed by atoms with van der Waals surface area (Å²) in [5.41, 5.74) is 0.786. The molecule has 21 heavy (non-hydrogen) atoms. The third-order valence-corrected chi connectivity index (χ3v) is 4.17. The van der Waals surface area contributed by atoms with Crippen molar-refractivity contribution in [2.75, 3.05) is 26.8 Å². The molecular weight excluding hydrogens is 266 g/mol. The van der Waals surface area contributed by atoms with Gasteiger partial charge in [-0.2, -0.15) is 0 Å². The molecule has 1 heterocycles. The number of ether oxygens (including phenoxy) is 2. The lowest BCUT2D eigenvalue weighted by Crippen LogP contribution is -2.43. The van der Waals surface area contributed by atoms with E-state index < -0.39 is 5.60 Å². The first kappa shape index (κ1) is 16.0. The fourth-order valence-corrected chi connectivity index (χ4v) is 2.79. The van der Waals surface area contributed by atoms with Crippen LogP contribution < -0.4 is 0 Å². The van der Waals surface area contributed by atoms with Crippen molar-refractivity contribution in [2.24, 2.45) is 0 Å². The van der Waals surface area contributed by atoms with Gasteiger partial charge >= 0.3 is 5.97 Å². The topological polar surface area (TPSA) is 38.8 Å². The first-order chi connectivity index (χ1) is 9.87. The highest BCUT2D eigenvalue weighted by Gasteiger charge is 2.44. The van der Waals surface area contributed by atoms with Gasteiger partial charge in [-0.15, -0.1) is 0 Å². The van der Waals surface area contributed by atoms with Gasteiger partial charge in [-0.3, -0.25) is 4.90 Å². The summed E-state index contributed by atoms with van der Waals surface area (Å²) in [5, 5.41) is 0. The van der Waals surface area contributed by atoms with Crippen LogP contribution in [0.25, 0.3) is 0 Å². The van der Waals surface area contributed by atoms with Gasteiger partial charge in [0.1, 0.15) is 12.2 Å². The Morgan fingerprint density at radius 3 is 2.48 bits per heavy atom. The fraction of sp³-hybridized carbons (Fsp3) is 0.588. The molecule has 1 aliphatic heterocycles. The van der Waals surface area contributed by atoms with Gasteiger partial charge in [-0.1, -0.05) is 30.3 Å². The highest BCUT2D eigenvalue weighted by atomic mass is 16.6. The van der Waals surface area contributed by atoms with Crippen molar-refractivity contribution in [1.29, 1.82) is 0 Å². The number of esters is 1. The Morgan fingerprint density at radius 2 is 1.95 bits per heavy atom. The molecule has 0 bridgehead atoms. The Morgan fingerprint density at radius 1 is 1.29 bits per heavy atom. The summed E-state index contributed by atoms with van der Waals surface area (Å²) >= 11 is 0. The predicted octanol–water partition coefficient (Wildman–Crippen LogP) is 2.58. The molecule has 1 unspecified atom stereocenters. The zero-order chi connectivity index (χ0) is 15.5. The van der Waals surface area contributed by atoms with Gasteiger partial charge in [0, 0.05) is 18.6 Å². The summed E-state index contributed by atoms with van der Waals surface area (Å²) in [6, 6.07) is 10.2. The minimum atomic E-state index is -0.428. The highest BCUT2D eigenvalue weighted by Crippen LogP contribution is 2.38. The minimum absolute atomic E-state index is 0.0105. The van der Waals surface area contributed by atoms with Crippen LogP contribution in [0.5, 0.6) is 0 Å². The largest absolute Gasteiger partial charge is 0.467 e. The number of hydrogen-bond donors (Lipinski definition) is 0. The van der Waals surface area contributed by atoms with E-state index in [1.807, 2.05) is 18.2 Å². The Kier molecular flexibility index (Phi) is 4.69. The molecule has 1 saturated heterocycles. The van der Waals surface area contributed by atoms with Crippen LogP contribution >= 0.6 is 0 Å². The van der Waals surface area contributed by atoms with E-state index in [-0.39, 0.29) is 18.1 Å². The predicted molar refractivity (Wildman–Crippen MR) is 82.0 cm³/mol. The molecule has 4 nitrogen and oxygen atoms in total. The van der Waals surface area contributed by atoms with Crippen molar-refractivity contribution < 1.29 is 14.3 Å². The van der Waals surface area contributed by atoms with Crippen LogP contribution in [0.1, 0.15) is 32.8 Å². The molecule has 1 fully saturated rings. The fourth-order valence-electron chi connectivity index (χ4n) is 2.79. The molecular formula is C17H25NO3. The quantitative estimate of drug-likeness (QED) is 0.799. The maximum atomic E-state index is 11.5. The molecule has 0 spiro atoms. The van der Waals surface area contributed by atoms with E-state index in [9.17, 15) is 4.79 Å². The van der Waals surface area contributed by atoms with Crippen molar-refractivity contribution in [3.8, 4) is 0 Å². The molecule has 0 amide bonds. The smallest absolute Gasteiger partial charge is 0.331 e. The van der Waals surface area contributed by atoms with Gasteiger partial charge in [0.25, 0.3) is 0 Å². The number of carbonyl (C=O) groups is 1. The molecule has 116 valence electrons. The maximum absolute atomic E-state index is 11.5. The molecule has 0 radical (unpaired) electrons. The zero-order valence-corrected chi connectivity index (χ0v) is 13.4. The summed E-state index contributed by atoms with van der Waals surface area (Å²) in [7, 11) is 1.39. The summed E-state index contributed by atoms with van der Waals surface area (Å²) in [5.74, 6) is -0.334. The van der Waals surface area contributed by atoms with E-state index in [0.29, 0.717) is 0 Å². The number of benzene rings is 1. The number of rotatable bonds is 4. The molecule has 0 N–H and O–H groups in total. The van der Waals surface area contributed by atoms with Crippen LogP contribution in [0.2, 0.25) is 0 Å². The van der Waals surface area contributed by atoms with E-state index in [2.05, 4.69) is 37.8 Å². The highest BCUT2D eigenvalue weighted by molar-refractivity contribution is 5.70. The van der Waals surface area contributed by atoms with Crippen molar-refractivity contribution >= 4 is 5.97 Å². The number of carbonyl (C=O) groups excluding carboxylic acids is 1. The van der Waals surface area contributed by atoms with Gasteiger partial charge in [0.05, 0.1) is 7.11 Å².